The average molecular weight is 363 g/mol. The lowest BCUT2D eigenvalue weighted by atomic mass is 10.1. The Kier molecular flexibility index (Phi) is 5.12. The van der Waals surface area contributed by atoms with Crippen LogP contribution in [0.2, 0.25) is 0 Å². The van der Waals surface area contributed by atoms with Crippen molar-refractivity contribution >= 4 is 11.3 Å². The van der Waals surface area contributed by atoms with E-state index < -0.39 is 0 Å². The van der Waals surface area contributed by atoms with Crippen LogP contribution in [-0.4, -0.2) is 46.2 Å². The predicted octanol–water partition coefficient (Wildman–Crippen LogP) is 3.33. The number of nitrogens with one attached hydrogen (secondary N) is 1. The van der Waals surface area contributed by atoms with Gasteiger partial charge in [0.15, 0.2) is 0 Å². The van der Waals surface area contributed by atoms with E-state index in [1.54, 1.807) is 11.3 Å². The highest BCUT2D eigenvalue weighted by atomic mass is 32.1. The molecule has 6 heteroatoms. The zero-order valence-corrected chi connectivity index (χ0v) is 15.4. The lowest BCUT2D eigenvalue weighted by Crippen LogP contribution is -2.45. The summed E-state index contributed by atoms with van der Waals surface area (Å²) in [6.07, 6.45) is 1.95. The normalized spacial score (nSPS) is 15.8. The highest BCUT2D eigenvalue weighted by molar-refractivity contribution is 7.08. The van der Waals surface area contributed by atoms with Gasteiger partial charge in [-0.2, -0.15) is 21.7 Å². The van der Waals surface area contributed by atoms with Gasteiger partial charge in [0.2, 0.25) is 0 Å². The standard InChI is InChI=1S/C20H21N5S/c21-11-16-1-3-17(4-2-16)13-24-6-8-25(9-7-24)14-19-12-22-23-20(19)18-5-10-26-15-18/h1-5,10,12,15H,6-9,13-14H2,(H,22,23). The summed E-state index contributed by atoms with van der Waals surface area (Å²) in [5.74, 6) is 0. The summed E-state index contributed by atoms with van der Waals surface area (Å²) in [6, 6.07) is 12.2. The van der Waals surface area contributed by atoms with Gasteiger partial charge in [-0.25, -0.2) is 0 Å². The van der Waals surface area contributed by atoms with Crippen LogP contribution in [0, 0.1) is 11.3 Å². The second-order valence-corrected chi connectivity index (χ2v) is 7.42. The van der Waals surface area contributed by atoms with Crippen LogP contribution in [0.5, 0.6) is 0 Å². The van der Waals surface area contributed by atoms with Crippen molar-refractivity contribution in [3.05, 3.63) is 64.0 Å². The molecule has 132 valence electrons. The zero-order chi connectivity index (χ0) is 17.8. The summed E-state index contributed by atoms with van der Waals surface area (Å²) in [5, 5.41) is 20.5. The number of H-pyrrole nitrogens is 1. The van der Waals surface area contributed by atoms with Crippen LogP contribution in [0.25, 0.3) is 11.3 Å². The maximum absolute atomic E-state index is 8.89. The number of hydrogen-bond acceptors (Lipinski definition) is 5. The van der Waals surface area contributed by atoms with Gasteiger partial charge in [0, 0.05) is 55.8 Å². The first-order valence-electron chi connectivity index (χ1n) is 8.80. The van der Waals surface area contributed by atoms with Gasteiger partial charge in [0.25, 0.3) is 0 Å². The third-order valence-corrected chi connectivity index (χ3v) is 5.56. The first-order chi connectivity index (χ1) is 12.8. The van der Waals surface area contributed by atoms with E-state index in [2.05, 4.69) is 55.0 Å². The monoisotopic (exact) mass is 363 g/mol. The summed E-state index contributed by atoms with van der Waals surface area (Å²) in [5.41, 5.74) is 5.63. The van der Waals surface area contributed by atoms with Crippen molar-refractivity contribution in [3.63, 3.8) is 0 Å². The fourth-order valence-corrected chi connectivity index (χ4v) is 4.02. The molecule has 1 aliphatic heterocycles. The molecule has 0 spiro atoms. The van der Waals surface area contributed by atoms with Crippen molar-refractivity contribution in [2.75, 3.05) is 26.2 Å². The molecule has 0 unspecified atom stereocenters. The van der Waals surface area contributed by atoms with Crippen LogP contribution in [-0.2, 0) is 13.1 Å². The molecule has 1 saturated heterocycles. The van der Waals surface area contributed by atoms with Crippen LogP contribution >= 0.6 is 11.3 Å². The third-order valence-electron chi connectivity index (χ3n) is 4.88. The van der Waals surface area contributed by atoms with Crippen molar-refractivity contribution < 1.29 is 0 Å². The summed E-state index contributed by atoms with van der Waals surface area (Å²) in [7, 11) is 0. The highest BCUT2D eigenvalue weighted by Crippen LogP contribution is 2.24. The zero-order valence-electron chi connectivity index (χ0n) is 14.6. The highest BCUT2D eigenvalue weighted by Gasteiger charge is 2.19. The quantitative estimate of drug-likeness (QED) is 0.755. The largest absolute Gasteiger partial charge is 0.297 e. The number of hydrogen-bond donors (Lipinski definition) is 1. The summed E-state index contributed by atoms with van der Waals surface area (Å²) < 4.78 is 0. The molecule has 0 amide bonds. The molecule has 1 N–H and O–H groups in total. The molecule has 0 aliphatic carbocycles. The predicted molar refractivity (Wildman–Crippen MR) is 104 cm³/mol. The van der Waals surface area contributed by atoms with Gasteiger partial charge in [-0.1, -0.05) is 12.1 Å². The molecule has 1 aromatic carbocycles. The Morgan fingerprint density at radius 2 is 1.77 bits per heavy atom. The van der Waals surface area contributed by atoms with Gasteiger partial charge in [-0.05, 0) is 29.1 Å². The minimum atomic E-state index is 0.722. The van der Waals surface area contributed by atoms with Crippen molar-refractivity contribution in [1.29, 1.82) is 5.26 Å². The Morgan fingerprint density at radius 1 is 1.04 bits per heavy atom. The first-order valence-corrected chi connectivity index (χ1v) is 9.74. The molecule has 1 aliphatic rings. The number of thiophene rings is 1. The number of piperazine rings is 1. The molecular weight excluding hydrogens is 342 g/mol. The molecule has 26 heavy (non-hydrogen) atoms. The van der Waals surface area contributed by atoms with Gasteiger partial charge < -0.3 is 0 Å². The number of aromatic amines is 1. The van der Waals surface area contributed by atoms with E-state index in [0.29, 0.717) is 0 Å². The fraction of sp³-hybridized carbons (Fsp3) is 0.300. The van der Waals surface area contributed by atoms with Gasteiger partial charge in [0.05, 0.1) is 23.5 Å². The molecule has 1 fully saturated rings. The minimum Gasteiger partial charge on any atom is -0.297 e. The topological polar surface area (TPSA) is 59.0 Å². The van der Waals surface area contributed by atoms with E-state index in [1.165, 1.54) is 16.7 Å². The molecule has 0 bridgehead atoms. The van der Waals surface area contributed by atoms with E-state index in [9.17, 15) is 0 Å². The van der Waals surface area contributed by atoms with Gasteiger partial charge >= 0.3 is 0 Å². The van der Waals surface area contributed by atoms with E-state index >= 15 is 0 Å². The summed E-state index contributed by atoms with van der Waals surface area (Å²) >= 11 is 1.71. The van der Waals surface area contributed by atoms with Crippen molar-refractivity contribution in [2.45, 2.75) is 13.1 Å². The Labute approximate surface area is 157 Å². The van der Waals surface area contributed by atoms with E-state index in [-0.39, 0.29) is 0 Å². The SMILES string of the molecule is N#Cc1ccc(CN2CCN(Cc3cn[nH]c3-c3ccsc3)CC2)cc1. The van der Waals surface area contributed by atoms with Crippen LogP contribution < -0.4 is 0 Å². The van der Waals surface area contributed by atoms with Crippen molar-refractivity contribution in [3.8, 4) is 17.3 Å². The van der Waals surface area contributed by atoms with Crippen molar-refractivity contribution in [2.24, 2.45) is 0 Å². The lowest BCUT2D eigenvalue weighted by Gasteiger charge is -2.34. The Balaban J connectivity index is 1.31. The maximum Gasteiger partial charge on any atom is 0.0991 e. The van der Waals surface area contributed by atoms with Crippen molar-refractivity contribution in [1.82, 2.24) is 20.0 Å². The molecule has 5 nitrogen and oxygen atoms in total. The Hall–Kier alpha value is -2.46. The number of nitrogens with zero attached hydrogens (tertiary/aromatic N) is 4. The van der Waals surface area contributed by atoms with Gasteiger partial charge in [-0.15, -0.1) is 0 Å². The lowest BCUT2D eigenvalue weighted by molar-refractivity contribution is 0.122. The van der Waals surface area contributed by atoms with E-state index in [0.717, 1.165) is 50.5 Å². The third kappa shape index (κ3) is 3.86. The first kappa shape index (κ1) is 17.0. The molecule has 3 aromatic rings. The maximum atomic E-state index is 8.89. The number of rotatable bonds is 5. The Morgan fingerprint density at radius 3 is 2.42 bits per heavy atom. The van der Waals surface area contributed by atoms with Crippen LogP contribution in [0.15, 0.2) is 47.3 Å². The van der Waals surface area contributed by atoms with E-state index in [1.807, 2.05) is 18.3 Å². The molecule has 0 atom stereocenters. The number of nitriles is 1. The molecule has 0 radical (unpaired) electrons. The van der Waals surface area contributed by atoms with Crippen LogP contribution in [0.4, 0.5) is 0 Å². The number of aromatic nitrogens is 2. The summed E-state index contributed by atoms with van der Waals surface area (Å²) in [6.45, 7) is 6.13. The fourth-order valence-electron chi connectivity index (χ4n) is 3.38. The number of benzene rings is 1. The molecule has 2 aromatic heterocycles. The van der Waals surface area contributed by atoms with E-state index in [4.69, 9.17) is 5.26 Å². The second-order valence-electron chi connectivity index (χ2n) is 6.64. The van der Waals surface area contributed by atoms with Gasteiger partial charge in [0.1, 0.15) is 0 Å². The average Bonchev–Trinajstić information content (AvgIpc) is 3.35. The van der Waals surface area contributed by atoms with Crippen LogP contribution in [0.3, 0.4) is 0 Å². The summed E-state index contributed by atoms with van der Waals surface area (Å²) in [4.78, 5) is 4.98. The minimum absolute atomic E-state index is 0.722. The second kappa shape index (κ2) is 7.83. The van der Waals surface area contributed by atoms with Gasteiger partial charge in [-0.3, -0.25) is 14.9 Å². The van der Waals surface area contributed by atoms with Crippen LogP contribution in [0.1, 0.15) is 16.7 Å². The smallest absolute Gasteiger partial charge is 0.0991 e. The molecule has 4 rings (SSSR count). The molecule has 3 heterocycles. The Bertz CT molecular complexity index is 868. The molecule has 0 saturated carbocycles. The molecular formula is C20H21N5S.